The van der Waals surface area contributed by atoms with Gasteiger partial charge in [0.1, 0.15) is 11.5 Å². The smallest absolute Gasteiger partial charge is 0.212 e. The van der Waals surface area contributed by atoms with Gasteiger partial charge in [0.15, 0.2) is 0 Å². The number of benzene rings is 1. The summed E-state index contributed by atoms with van der Waals surface area (Å²) >= 11 is 0. The monoisotopic (exact) mass is 434 g/mol. The van der Waals surface area contributed by atoms with Crippen molar-refractivity contribution in [3.8, 4) is 5.75 Å². The van der Waals surface area contributed by atoms with E-state index in [1.165, 1.54) is 0 Å². The topological polar surface area (TPSA) is 75.7 Å². The van der Waals surface area contributed by atoms with Crippen LogP contribution in [0.5, 0.6) is 5.75 Å². The second-order valence-electron chi connectivity index (χ2n) is 9.81. The molecule has 1 aliphatic heterocycles. The Morgan fingerprint density at radius 1 is 1.27 bits per heavy atom. The number of rotatable bonds is 8. The Hall–Kier alpha value is -1.44. The van der Waals surface area contributed by atoms with E-state index >= 15 is 0 Å². The molecule has 1 aromatic carbocycles. The number of carbonyl (C=O) groups is 1. The zero-order chi connectivity index (χ0) is 21.6. The molecular weight excluding hydrogens is 400 g/mol. The summed E-state index contributed by atoms with van der Waals surface area (Å²) in [6.45, 7) is 6.38. The van der Waals surface area contributed by atoms with Gasteiger partial charge in [-0.3, -0.25) is 9.69 Å². The van der Waals surface area contributed by atoms with E-state index in [4.69, 9.17) is 4.74 Å². The molecule has 6 nitrogen and oxygen atoms in total. The van der Waals surface area contributed by atoms with Crippen molar-refractivity contribution in [2.75, 3.05) is 32.5 Å². The molecule has 1 aromatic rings. The lowest BCUT2D eigenvalue weighted by atomic mass is 9.70. The number of nitrogens with zero attached hydrogens (tertiary/aromatic N) is 1. The van der Waals surface area contributed by atoms with Gasteiger partial charge in [0.05, 0.1) is 12.9 Å². The summed E-state index contributed by atoms with van der Waals surface area (Å²) in [7, 11) is -1.95. The maximum atomic E-state index is 13.2. The van der Waals surface area contributed by atoms with E-state index in [1.807, 2.05) is 24.3 Å². The summed E-state index contributed by atoms with van der Waals surface area (Å²) in [6.07, 6.45) is 4.42. The normalized spacial score (nSPS) is 29.4. The minimum atomic E-state index is -3.59. The summed E-state index contributed by atoms with van der Waals surface area (Å²) in [5.74, 6) is 1.13. The van der Waals surface area contributed by atoms with Gasteiger partial charge in [-0.05, 0) is 67.8 Å². The summed E-state index contributed by atoms with van der Waals surface area (Å²) in [4.78, 5) is 15.1. The first-order chi connectivity index (χ1) is 14.2. The van der Waals surface area contributed by atoms with Gasteiger partial charge < -0.3 is 4.74 Å². The highest BCUT2D eigenvalue weighted by atomic mass is 32.2. The van der Waals surface area contributed by atoms with Crippen LogP contribution in [0.15, 0.2) is 24.3 Å². The van der Waals surface area contributed by atoms with Gasteiger partial charge in [-0.2, -0.15) is 0 Å². The van der Waals surface area contributed by atoms with E-state index in [9.17, 15) is 13.2 Å². The summed E-state index contributed by atoms with van der Waals surface area (Å²) in [6, 6.07) is 7.82. The number of sulfonamides is 1. The van der Waals surface area contributed by atoms with Gasteiger partial charge in [-0.1, -0.05) is 26.0 Å². The Labute approximate surface area is 180 Å². The van der Waals surface area contributed by atoms with Crippen LogP contribution in [0.1, 0.15) is 57.6 Å². The summed E-state index contributed by atoms with van der Waals surface area (Å²) in [5.41, 5.74) is 0.0677. The Bertz CT molecular complexity index is 908. The molecule has 30 heavy (non-hydrogen) atoms. The third-order valence-electron chi connectivity index (χ3n) is 8.13. The van der Waals surface area contributed by atoms with E-state index < -0.39 is 15.4 Å². The Kier molecular flexibility index (Phi) is 5.75. The van der Waals surface area contributed by atoms with Gasteiger partial charge in [-0.25, -0.2) is 13.1 Å². The maximum absolute atomic E-state index is 13.2. The third kappa shape index (κ3) is 3.69. The van der Waals surface area contributed by atoms with Crippen molar-refractivity contribution in [3.05, 3.63) is 29.8 Å². The van der Waals surface area contributed by atoms with Gasteiger partial charge in [-0.15, -0.1) is 0 Å². The van der Waals surface area contributed by atoms with E-state index in [2.05, 4.69) is 23.5 Å². The number of hydrogen-bond donors (Lipinski definition) is 1. The van der Waals surface area contributed by atoms with Crippen molar-refractivity contribution in [1.82, 2.24) is 9.62 Å². The van der Waals surface area contributed by atoms with Crippen molar-refractivity contribution < 1.29 is 17.9 Å². The van der Waals surface area contributed by atoms with Crippen LogP contribution in [0.4, 0.5) is 0 Å². The zero-order valence-electron chi connectivity index (χ0n) is 18.3. The molecule has 3 fully saturated rings. The van der Waals surface area contributed by atoms with Crippen molar-refractivity contribution in [1.29, 1.82) is 0 Å². The highest BCUT2D eigenvalue weighted by Gasteiger charge is 2.65. The first-order valence-electron chi connectivity index (χ1n) is 11.1. The number of carbonyl (C=O) groups excluding carboxylic acids is 1. The predicted octanol–water partition coefficient (Wildman–Crippen LogP) is 3.15. The van der Waals surface area contributed by atoms with Crippen molar-refractivity contribution in [2.45, 2.75) is 52.0 Å². The molecule has 2 saturated carbocycles. The first-order valence-corrected chi connectivity index (χ1v) is 12.7. The van der Waals surface area contributed by atoms with E-state index in [1.54, 1.807) is 7.11 Å². The first kappa shape index (κ1) is 21.8. The van der Waals surface area contributed by atoms with Crippen LogP contribution in [0.25, 0.3) is 0 Å². The van der Waals surface area contributed by atoms with Gasteiger partial charge in [0, 0.05) is 24.4 Å². The molecule has 166 valence electrons. The molecule has 0 spiro atoms. The van der Waals surface area contributed by atoms with Gasteiger partial charge >= 0.3 is 0 Å². The Morgan fingerprint density at radius 3 is 2.60 bits per heavy atom. The second kappa shape index (κ2) is 7.92. The molecule has 0 radical (unpaired) electrons. The number of likely N-dealkylation sites (tertiary alicyclic amines) is 1. The minimum Gasteiger partial charge on any atom is -0.497 e. The molecular formula is C23H34N2O4S. The van der Waals surface area contributed by atoms with Crippen LogP contribution in [0.3, 0.4) is 0 Å². The molecule has 1 saturated heterocycles. The molecule has 4 rings (SSSR count). The van der Waals surface area contributed by atoms with Crippen LogP contribution in [0.2, 0.25) is 0 Å². The summed E-state index contributed by atoms with van der Waals surface area (Å²) < 4.78 is 34.6. The molecule has 0 aromatic heterocycles. The van der Waals surface area contributed by atoms with Crippen molar-refractivity contribution in [3.63, 3.8) is 0 Å². The van der Waals surface area contributed by atoms with Gasteiger partial charge in [0.2, 0.25) is 10.0 Å². The molecule has 3 aliphatic rings. The van der Waals surface area contributed by atoms with Gasteiger partial charge in [0.25, 0.3) is 0 Å². The quantitative estimate of drug-likeness (QED) is 0.680. The van der Waals surface area contributed by atoms with Crippen LogP contribution in [0, 0.1) is 16.7 Å². The average molecular weight is 435 g/mol. The molecule has 3 atom stereocenters. The predicted molar refractivity (Wildman–Crippen MR) is 117 cm³/mol. The average Bonchev–Trinajstić information content (AvgIpc) is 3.35. The number of fused-ring (bicyclic) bond motifs is 2. The SMILES string of the molecule is COc1cccc(C(CNS(=O)(=O)CC23CCC(CC2=O)C3(C)C)N2CCCC2)c1. The number of nitrogens with one attached hydrogen (secondary N) is 1. The van der Waals surface area contributed by atoms with Crippen molar-refractivity contribution in [2.24, 2.45) is 16.7 Å². The molecule has 0 amide bonds. The van der Waals surface area contributed by atoms with Crippen LogP contribution >= 0.6 is 0 Å². The second-order valence-corrected chi connectivity index (χ2v) is 11.6. The Morgan fingerprint density at radius 2 is 2.00 bits per heavy atom. The molecule has 3 unspecified atom stereocenters. The van der Waals surface area contributed by atoms with Crippen molar-refractivity contribution >= 4 is 15.8 Å². The number of hydrogen-bond acceptors (Lipinski definition) is 5. The van der Waals surface area contributed by atoms with Crippen LogP contribution in [-0.4, -0.2) is 51.6 Å². The fourth-order valence-electron chi connectivity index (χ4n) is 6.05. The number of Topliss-reactive ketones (excluding diaryl/α,β-unsaturated/α-hetero) is 1. The molecule has 2 bridgehead atoms. The van der Waals surface area contributed by atoms with E-state index in [0.29, 0.717) is 25.3 Å². The lowest BCUT2D eigenvalue weighted by Gasteiger charge is -2.36. The Balaban J connectivity index is 1.52. The minimum absolute atomic E-state index is 0.0431. The fourth-order valence-corrected chi connectivity index (χ4v) is 7.89. The largest absolute Gasteiger partial charge is 0.497 e. The maximum Gasteiger partial charge on any atom is 0.212 e. The number of ketones is 1. The third-order valence-corrected chi connectivity index (χ3v) is 9.61. The summed E-state index contributed by atoms with van der Waals surface area (Å²) in [5, 5.41) is 0. The molecule has 1 heterocycles. The van der Waals surface area contributed by atoms with E-state index in [0.717, 1.165) is 43.7 Å². The van der Waals surface area contributed by atoms with Crippen LogP contribution in [-0.2, 0) is 14.8 Å². The number of ether oxygens (including phenoxy) is 1. The zero-order valence-corrected chi connectivity index (χ0v) is 19.1. The molecule has 1 N–H and O–H groups in total. The standard InChI is InChI=1S/C23H34N2O4S/c1-22(2)18-9-10-23(22,21(26)14-18)16-30(27,28)24-15-20(25-11-4-5-12-25)17-7-6-8-19(13-17)29-3/h6-8,13,18,20,24H,4-5,9-12,14-16H2,1-3H3. The lowest BCUT2D eigenvalue weighted by Crippen LogP contribution is -2.46. The van der Waals surface area contributed by atoms with E-state index in [-0.39, 0.29) is 23.0 Å². The highest BCUT2D eigenvalue weighted by Crippen LogP contribution is 2.64. The molecule has 2 aliphatic carbocycles. The lowest BCUT2D eigenvalue weighted by molar-refractivity contribution is -0.128. The van der Waals surface area contributed by atoms with Crippen LogP contribution < -0.4 is 9.46 Å². The fraction of sp³-hybridized carbons (Fsp3) is 0.696. The molecule has 7 heteroatoms. The highest BCUT2D eigenvalue weighted by molar-refractivity contribution is 7.89. The number of methoxy groups -OCH3 is 1.